The summed E-state index contributed by atoms with van der Waals surface area (Å²) in [5, 5.41) is 3.87. The number of methoxy groups -OCH3 is 1. The lowest BCUT2D eigenvalue weighted by Crippen LogP contribution is -2.43. The molecule has 6 heteroatoms. The van der Waals surface area contributed by atoms with Gasteiger partial charge in [-0.1, -0.05) is 36.6 Å². The van der Waals surface area contributed by atoms with Crippen molar-refractivity contribution in [2.24, 2.45) is 10.9 Å². The fourth-order valence-electron chi connectivity index (χ4n) is 3.18. The Bertz CT molecular complexity index is 568. The molecule has 1 aliphatic rings. The quantitative estimate of drug-likeness (QED) is 0.472. The van der Waals surface area contributed by atoms with Gasteiger partial charge in [-0.05, 0) is 31.9 Å². The van der Waals surface area contributed by atoms with E-state index in [1.165, 1.54) is 19.3 Å². The molecule has 0 radical (unpaired) electrons. The molecule has 0 bridgehead atoms. The van der Waals surface area contributed by atoms with Gasteiger partial charge in [-0.25, -0.2) is 0 Å². The molecule has 0 aliphatic heterocycles. The average Bonchev–Trinajstić information content (AvgIpc) is 2.63. The number of carbonyl (C=O) groups is 1. The highest BCUT2D eigenvalue weighted by Crippen LogP contribution is 2.22. The summed E-state index contributed by atoms with van der Waals surface area (Å²) in [6.45, 7) is 2.59. The van der Waals surface area contributed by atoms with Gasteiger partial charge in [0.05, 0.1) is 12.7 Å². The predicted octanol–water partition coefficient (Wildman–Crippen LogP) is 2.51. The van der Waals surface area contributed by atoms with E-state index in [2.05, 4.69) is 5.16 Å². The Morgan fingerprint density at radius 1 is 1.29 bits per heavy atom. The van der Waals surface area contributed by atoms with Crippen molar-refractivity contribution in [3.8, 4) is 5.75 Å². The van der Waals surface area contributed by atoms with Crippen LogP contribution in [0.25, 0.3) is 0 Å². The number of rotatable bonds is 7. The molecule has 24 heavy (non-hydrogen) atoms. The van der Waals surface area contributed by atoms with Crippen LogP contribution in [-0.4, -0.2) is 42.9 Å². The Morgan fingerprint density at radius 2 is 2.00 bits per heavy atom. The summed E-state index contributed by atoms with van der Waals surface area (Å²) < 4.78 is 5.24. The summed E-state index contributed by atoms with van der Waals surface area (Å²) in [5.74, 6) is 0.771. The van der Waals surface area contributed by atoms with Gasteiger partial charge in [0.25, 0.3) is 5.91 Å². The molecule has 2 N–H and O–H groups in total. The molecule has 0 atom stereocenters. The Balaban J connectivity index is 1.92. The maximum absolute atomic E-state index is 12.4. The molecule has 1 saturated carbocycles. The van der Waals surface area contributed by atoms with Crippen LogP contribution in [0, 0.1) is 0 Å². The van der Waals surface area contributed by atoms with E-state index in [4.69, 9.17) is 15.3 Å². The smallest absolute Gasteiger partial charge is 0.263 e. The zero-order valence-corrected chi connectivity index (χ0v) is 14.5. The molecule has 1 aromatic rings. The van der Waals surface area contributed by atoms with Gasteiger partial charge >= 0.3 is 0 Å². The van der Waals surface area contributed by atoms with Crippen molar-refractivity contribution in [2.45, 2.75) is 45.1 Å². The summed E-state index contributed by atoms with van der Waals surface area (Å²) in [6.07, 6.45) is 5.79. The van der Waals surface area contributed by atoms with Gasteiger partial charge in [-0.15, -0.1) is 0 Å². The molecule has 132 valence electrons. The fraction of sp³-hybridized carbons (Fsp3) is 0.556. The first-order valence-electron chi connectivity index (χ1n) is 8.55. The lowest BCUT2D eigenvalue weighted by molar-refractivity contribution is -0.138. The van der Waals surface area contributed by atoms with Crippen molar-refractivity contribution in [2.75, 3.05) is 20.3 Å². The molecule has 0 aromatic heterocycles. The van der Waals surface area contributed by atoms with Crippen molar-refractivity contribution < 1.29 is 14.4 Å². The van der Waals surface area contributed by atoms with Crippen molar-refractivity contribution in [1.29, 1.82) is 0 Å². The number of oxime groups is 1. The third-order valence-electron chi connectivity index (χ3n) is 4.41. The topological polar surface area (TPSA) is 77.2 Å². The first kappa shape index (κ1) is 18.1. The Kier molecular flexibility index (Phi) is 6.90. The SMILES string of the molecule is CCN(C(=O)CO/N=C(/N)c1ccccc1OC)C1CCCCC1. The highest BCUT2D eigenvalue weighted by Gasteiger charge is 2.24. The van der Waals surface area contributed by atoms with Crippen LogP contribution in [0.15, 0.2) is 29.4 Å². The fourth-order valence-corrected chi connectivity index (χ4v) is 3.18. The summed E-state index contributed by atoms with van der Waals surface area (Å²) in [6, 6.07) is 7.61. The van der Waals surface area contributed by atoms with E-state index in [1.807, 2.05) is 24.0 Å². The molecular weight excluding hydrogens is 306 g/mol. The minimum absolute atomic E-state index is 0.0408. The number of benzene rings is 1. The maximum atomic E-state index is 12.4. The lowest BCUT2D eigenvalue weighted by atomic mass is 9.94. The first-order chi connectivity index (χ1) is 11.7. The summed E-state index contributed by atoms with van der Waals surface area (Å²) >= 11 is 0. The van der Waals surface area contributed by atoms with E-state index in [9.17, 15) is 4.79 Å². The molecule has 0 spiro atoms. The average molecular weight is 333 g/mol. The van der Waals surface area contributed by atoms with Crippen molar-refractivity contribution in [1.82, 2.24) is 4.90 Å². The molecule has 1 aromatic carbocycles. The van der Waals surface area contributed by atoms with Gasteiger partial charge in [0.2, 0.25) is 0 Å². The number of amides is 1. The molecule has 6 nitrogen and oxygen atoms in total. The number of nitrogens with zero attached hydrogens (tertiary/aromatic N) is 2. The number of carbonyl (C=O) groups excluding carboxylic acids is 1. The van der Waals surface area contributed by atoms with Gasteiger partial charge in [0.15, 0.2) is 12.4 Å². The van der Waals surface area contributed by atoms with Crippen LogP contribution < -0.4 is 10.5 Å². The molecule has 0 unspecified atom stereocenters. The largest absolute Gasteiger partial charge is 0.496 e. The molecule has 0 heterocycles. The highest BCUT2D eigenvalue weighted by atomic mass is 16.6. The summed E-state index contributed by atoms with van der Waals surface area (Å²) in [7, 11) is 1.57. The standard InChI is InChI=1S/C18H27N3O3/c1-3-21(14-9-5-4-6-10-14)17(22)13-24-20-18(19)15-11-7-8-12-16(15)23-2/h7-8,11-12,14H,3-6,9-10,13H2,1-2H3,(H2,19,20). The number of nitrogens with two attached hydrogens (primary N) is 1. The van der Waals surface area contributed by atoms with Crippen LogP contribution in [0.4, 0.5) is 0 Å². The highest BCUT2D eigenvalue weighted by molar-refractivity contribution is 5.99. The normalized spacial score (nSPS) is 15.8. The second kappa shape index (κ2) is 9.15. The molecule has 1 amide bonds. The van der Waals surface area contributed by atoms with Crippen LogP contribution in [0.1, 0.15) is 44.6 Å². The molecule has 0 saturated heterocycles. The first-order valence-corrected chi connectivity index (χ1v) is 8.55. The van der Waals surface area contributed by atoms with E-state index < -0.39 is 0 Å². The van der Waals surface area contributed by atoms with Crippen LogP contribution in [0.2, 0.25) is 0 Å². The third-order valence-corrected chi connectivity index (χ3v) is 4.41. The lowest BCUT2D eigenvalue weighted by Gasteiger charge is -2.33. The molecular formula is C18H27N3O3. The Labute approximate surface area is 143 Å². The number of likely N-dealkylation sites (N-methyl/N-ethyl adjacent to an activating group) is 1. The van der Waals surface area contributed by atoms with Crippen LogP contribution in [-0.2, 0) is 9.63 Å². The molecule has 1 fully saturated rings. The van der Waals surface area contributed by atoms with Gasteiger partial charge < -0.3 is 20.2 Å². The summed E-state index contributed by atoms with van der Waals surface area (Å²) in [4.78, 5) is 19.5. The second-order valence-corrected chi connectivity index (χ2v) is 5.92. The van der Waals surface area contributed by atoms with Gasteiger partial charge in [0.1, 0.15) is 5.75 Å². The van der Waals surface area contributed by atoms with Crippen molar-refractivity contribution in [3.05, 3.63) is 29.8 Å². The zero-order chi connectivity index (χ0) is 17.4. The minimum Gasteiger partial charge on any atom is -0.496 e. The Hall–Kier alpha value is -2.24. The Morgan fingerprint density at radius 3 is 2.67 bits per heavy atom. The van der Waals surface area contributed by atoms with E-state index >= 15 is 0 Å². The van der Waals surface area contributed by atoms with Crippen molar-refractivity contribution in [3.63, 3.8) is 0 Å². The number of hydrogen-bond acceptors (Lipinski definition) is 4. The van der Waals surface area contributed by atoms with E-state index in [-0.39, 0.29) is 18.3 Å². The maximum Gasteiger partial charge on any atom is 0.263 e. The number of ether oxygens (including phenoxy) is 1. The van der Waals surface area contributed by atoms with Gasteiger partial charge in [-0.2, -0.15) is 0 Å². The van der Waals surface area contributed by atoms with Crippen LogP contribution >= 0.6 is 0 Å². The zero-order valence-electron chi connectivity index (χ0n) is 14.5. The van der Waals surface area contributed by atoms with Gasteiger partial charge in [-0.3, -0.25) is 4.79 Å². The molecule has 1 aliphatic carbocycles. The van der Waals surface area contributed by atoms with Crippen LogP contribution in [0.5, 0.6) is 5.75 Å². The second-order valence-electron chi connectivity index (χ2n) is 5.92. The molecule has 2 rings (SSSR count). The van der Waals surface area contributed by atoms with E-state index in [1.54, 1.807) is 19.2 Å². The predicted molar refractivity (Wildman–Crippen MR) is 93.9 cm³/mol. The van der Waals surface area contributed by atoms with E-state index in [0.29, 0.717) is 23.9 Å². The van der Waals surface area contributed by atoms with Crippen molar-refractivity contribution >= 4 is 11.7 Å². The monoisotopic (exact) mass is 333 g/mol. The summed E-state index contributed by atoms with van der Waals surface area (Å²) in [5.41, 5.74) is 6.57. The van der Waals surface area contributed by atoms with Crippen LogP contribution in [0.3, 0.4) is 0 Å². The van der Waals surface area contributed by atoms with E-state index in [0.717, 1.165) is 12.8 Å². The number of para-hydroxylation sites is 1. The third kappa shape index (κ3) is 4.63. The minimum atomic E-state index is -0.0970. The number of hydrogen-bond donors (Lipinski definition) is 1. The number of amidine groups is 1. The van der Waals surface area contributed by atoms with Gasteiger partial charge in [0, 0.05) is 12.6 Å².